The molecule has 0 aliphatic rings. The summed E-state index contributed by atoms with van der Waals surface area (Å²) in [6.45, 7) is 3.10. The minimum Gasteiger partial charge on any atom is -0.321 e. The first kappa shape index (κ1) is 19.6. The Morgan fingerprint density at radius 3 is 2.39 bits per heavy atom. The number of alkyl halides is 3. The van der Waals surface area contributed by atoms with Gasteiger partial charge in [0.05, 0.1) is 0 Å². The number of aromatic nitrogens is 4. The van der Waals surface area contributed by atoms with Crippen molar-refractivity contribution in [2.24, 2.45) is 0 Å². The number of carbonyl (C=O) groups excluding carboxylic acids is 1. The number of rotatable bonds is 4. The van der Waals surface area contributed by atoms with Gasteiger partial charge in [-0.1, -0.05) is 6.07 Å². The Labute approximate surface area is 155 Å². The van der Waals surface area contributed by atoms with E-state index in [2.05, 4.69) is 20.4 Å². The Hall–Kier alpha value is -3.11. The molecule has 0 bridgehead atoms. The largest absolute Gasteiger partial charge is 0.453 e. The van der Waals surface area contributed by atoms with Gasteiger partial charge < -0.3 is 5.32 Å². The van der Waals surface area contributed by atoms with Crippen molar-refractivity contribution in [3.63, 3.8) is 0 Å². The summed E-state index contributed by atoms with van der Waals surface area (Å²) in [4.78, 5) is 19.4. The molecule has 2 heterocycles. The van der Waals surface area contributed by atoms with E-state index in [1.807, 2.05) is 0 Å². The van der Waals surface area contributed by atoms with Crippen molar-refractivity contribution in [3.05, 3.63) is 52.6 Å². The van der Waals surface area contributed by atoms with E-state index in [4.69, 9.17) is 0 Å². The fraction of sp³-hybridized carbons (Fsp3) is 0.294. The van der Waals surface area contributed by atoms with Crippen molar-refractivity contribution in [2.75, 3.05) is 5.32 Å². The maximum Gasteiger partial charge on any atom is 0.453 e. The van der Waals surface area contributed by atoms with E-state index in [-0.39, 0.29) is 18.6 Å². The summed E-state index contributed by atoms with van der Waals surface area (Å²) in [5, 5.41) is 5.58. The van der Waals surface area contributed by atoms with E-state index in [1.165, 1.54) is 13.0 Å². The summed E-state index contributed by atoms with van der Waals surface area (Å²) in [6, 6.07) is 3.18. The molecule has 0 aliphatic heterocycles. The number of amides is 1. The van der Waals surface area contributed by atoms with Crippen molar-refractivity contribution in [1.29, 1.82) is 0 Å². The minimum atomic E-state index is -4.71. The maximum atomic E-state index is 13.6. The molecule has 11 heteroatoms. The van der Waals surface area contributed by atoms with Gasteiger partial charge in [-0.2, -0.15) is 18.2 Å². The van der Waals surface area contributed by atoms with Gasteiger partial charge in [0.2, 0.25) is 5.91 Å². The van der Waals surface area contributed by atoms with E-state index >= 15 is 0 Å². The number of carbonyl (C=O) groups is 1. The van der Waals surface area contributed by atoms with Crippen LogP contribution in [0, 0.1) is 25.5 Å². The standard InChI is InChI=1S/C17H14F5N5O/c1-8-10(6-7-13(28)24-14-11(18)4-3-5-12(14)19)9(2)27-16(23-8)25-15(26-27)17(20,21)22/h3-5H,6-7H2,1-2H3,(H,24,28). The quantitative estimate of drug-likeness (QED) is 0.681. The lowest BCUT2D eigenvalue weighted by atomic mass is 10.1. The number of para-hydroxylation sites is 1. The number of fused-ring (bicyclic) bond motifs is 1. The molecule has 0 radical (unpaired) electrons. The Morgan fingerprint density at radius 1 is 1.14 bits per heavy atom. The van der Waals surface area contributed by atoms with E-state index in [1.54, 1.807) is 6.92 Å². The van der Waals surface area contributed by atoms with Crippen molar-refractivity contribution in [3.8, 4) is 0 Å². The third-order valence-corrected chi connectivity index (χ3v) is 4.13. The minimum absolute atomic E-state index is 0.0870. The zero-order valence-electron chi connectivity index (χ0n) is 14.7. The molecule has 3 rings (SSSR count). The third-order valence-electron chi connectivity index (χ3n) is 4.13. The van der Waals surface area contributed by atoms with Gasteiger partial charge in [0.1, 0.15) is 17.3 Å². The zero-order valence-corrected chi connectivity index (χ0v) is 14.7. The second-order valence-corrected chi connectivity index (χ2v) is 6.05. The first-order valence-corrected chi connectivity index (χ1v) is 8.12. The second-order valence-electron chi connectivity index (χ2n) is 6.05. The number of anilines is 1. The van der Waals surface area contributed by atoms with Crippen molar-refractivity contribution >= 4 is 17.4 Å². The van der Waals surface area contributed by atoms with Gasteiger partial charge in [-0.15, -0.1) is 5.10 Å². The highest BCUT2D eigenvalue weighted by atomic mass is 19.4. The molecule has 2 aromatic heterocycles. The van der Waals surface area contributed by atoms with Crippen LogP contribution in [0.4, 0.5) is 27.6 Å². The zero-order chi connectivity index (χ0) is 20.6. The van der Waals surface area contributed by atoms with Crippen LogP contribution in [0.25, 0.3) is 5.78 Å². The van der Waals surface area contributed by atoms with Crippen LogP contribution in [0.1, 0.15) is 29.2 Å². The highest BCUT2D eigenvalue weighted by Gasteiger charge is 2.37. The Bertz CT molecular complexity index is 1040. The topological polar surface area (TPSA) is 72.2 Å². The van der Waals surface area contributed by atoms with Gasteiger partial charge in [0.25, 0.3) is 11.6 Å². The molecule has 1 N–H and O–H groups in total. The molecule has 6 nitrogen and oxygen atoms in total. The van der Waals surface area contributed by atoms with Crippen LogP contribution in [0.15, 0.2) is 18.2 Å². The first-order chi connectivity index (χ1) is 13.1. The highest BCUT2D eigenvalue weighted by Crippen LogP contribution is 2.27. The summed E-state index contributed by atoms with van der Waals surface area (Å²) in [5.74, 6) is -3.99. The van der Waals surface area contributed by atoms with Crippen LogP contribution in [0.2, 0.25) is 0 Å². The van der Waals surface area contributed by atoms with Gasteiger partial charge in [-0.3, -0.25) is 4.79 Å². The lowest BCUT2D eigenvalue weighted by Gasteiger charge is -2.11. The number of aryl methyl sites for hydroxylation is 2. The summed E-state index contributed by atoms with van der Waals surface area (Å²) in [7, 11) is 0. The number of halogens is 5. The third kappa shape index (κ3) is 3.78. The van der Waals surface area contributed by atoms with Crippen molar-refractivity contribution in [1.82, 2.24) is 19.6 Å². The summed E-state index contributed by atoms with van der Waals surface area (Å²) in [6.07, 6.45) is -4.79. The van der Waals surface area contributed by atoms with E-state index in [0.29, 0.717) is 17.0 Å². The maximum absolute atomic E-state index is 13.6. The second kappa shape index (κ2) is 7.13. The average Bonchev–Trinajstić information content (AvgIpc) is 3.02. The molecule has 0 spiro atoms. The predicted molar refractivity (Wildman–Crippen MR) is 88.6 cm³/mol. The number of hydrogen-bond donors (Lipinski definition) is 1. The molecule has 0 saturated heterocycles. The Morgan fingerprint density at radius 2 is 1.79 bits per heavy atom. The van der Waals surface area contributed by atoms with Crippen LogP contribution in [-0.2, 0) is 17.4 Å². The van der Waals surface area contributed by atoms with Gasteiger partial charge in [0, 0.05) is 17.8 Å². The van der Waals surface area contributed by atoms with Crippen LogP contribution in [-0.4, -0.2) is 25.5 Å². The average molecular weight is 399 g/mol. The normalized spacial score (nSPS) is 11.8. The fourth-order valence-electron chi connectivity index (χ4n) is 2.75. The summed E-state index contributed by atoms with van der Waals surface area (Å²) >= 11 is 0. The lowest BCUT2D eigenvalue weighted by Crippen LogP contribution is -2.16. The van der Waals surface area contributed by atoms with E-state index in [9.17, 15) is 26.7 Å². The monoisotopic (exact) mass is 399 g/mol. The molecule has 1 aromatic carbocycles. The molecule has 0 saturated carbocycles. The number of nitrogens with zero attached hydrogens (tertiary/aromatic N) is 4. The molecular weight excluding hydrogens is 385 g/mol. The molecule has 3 aromatic rings. The van der Waals surface area contributed by atoms with Crippen LogP contribution < -0.4 is 5.32 Å². The van der Waals surface area contributed by atoms with Crippen molar-refractivity contribution < 1.29 is 26.7 Å². The molecule has 0 fully saturated rings. The van der Waals surface area contributed by atoms with Gasteiger partial charge in [0.15, 0.2) is 0 Å². The first-order valence-electron chi connectivity index (χ1n) is 8.12. The summed E-state index contributed by atoms with van der Waals surface area (Å²) in [5.41, 5.74) is 0.669. The van der Waals surface area contributed by atoms with E-state index < -0.39 is 35.2 Å². The van der Waals surface area contributed by atoms with Crippen LogP contribution >= 0.6 is 0 Å². The predicted octanol–water partition coefficient (Wildman–Crippen LogP) is 3.61. The Balaban J connectivity index is 1.81. The van der Waals surface area contributed by atoms with Gasteiger partial charge in [-0.05, 0) is 38.0 Å². The highest BCUT2D eigenvalue weighted by molar-refractivity contribution is 5.91. The van der Waals surface area contributed by atoms with Gasteiger partial charge in [-0.25, -0.2) is 18.3 Å². The molecule has 0 aliphatic carbocycles. The molecule has 28 heavy (non-hydrogen) atoms. The molecule has 0 atom stereocenters. The van der Waals surface area contributed by atoms with Crippen molar-refractivity contribution in [2.45, 2.75) is 32.9 Å². The smallest absolute Gasteiger partial charge is 0.321 e. The lowest BCUT2D eigenvalue weighted by molar-refractivity contribution is -0.144. The molecule has 0 unspecified atom stereocenters. The number of hydrogen-bond acceptors (Lipinski definition) is 4. The number of benzene rings is 1. The molecular formula is C17H14F5N5O. The molecule has 1 amide bonds. The Kier molecular flexibility index (Phi) is 5.01. The van der Waals surface area contributed by atoms with Crippen LogP contribution in [0.3, 0.4) is 0 Å². The van der Waals surface area contributed by atoms with E-state index in [0.717, 1.165) is 16.6 Å². The SMILES string of the molecule is Cc1nc2nc(C(F)(F)F)nn2c(C)c1CCC(=O)Nc1c(F)cccc1F. The number of nitrogens with one attached hydrogen (secondary N) is 1. The molecule has 148 valence electrons. The van der Waals surface area contributed by atoms with Crippen LogP contribution in [0.5, 0.6) is 0 Å². The van der Waals surface area contributed by atoms with Gasteiger partial charge >= 0.3 is 6.18 Å². The summed E-state index contributed by atoms with van der Waals surface area (Å²) < 4.78 is 66.6. The fourth-order valence-corrected chi connectivity index (χ4v) is 2.75.